The van der Waals surface area contributed by atoms with Crippen LogP contribution >= 0.6 is 15.9 Å². The molecule has 18 heavy (non-hydrogen) atoms. The van der Waals surface area contributed by atoms with E-state index in [9.17, 15) is 4.79 Å². The van der Waals surface area contributed by atoms with Gasteiger partial charge in [-0.1, -0.05) is 28.1 Å². The number of carbonyl (C=O) groups excluding carboxylic acids is 1. The summed E-state index contributed by atoms with van der Waals surface area (Å²) in [5.74, 6) is 0.0559. The third-order valence-electron chi connectivity index (χ3n) is 3.19. The fourth-order valence-corrected chi connectivity index (χ4v) is 2.45. The Hall–Kier alpha value is -0.870. The van der Waals surface area contributed by atoms with Crippen LogP contribution in [0, 0.1) is 0 Å². The second kappa shape index (κ2) is 6.34. The first kappa shape index (κ1) is 13.6. The number of hydrogen-bond donors (Lipinski definition) is 1. The fraction of sp³-hybridized carbons (Fsp3) is 0.500. The van der Waals surface area contributed by atoms with E-state index in [1.54, 1.807) is 0 Å². The van der Waals surface area contributed by atoms with Crippen molar-refractivity contribution < 1.29 is 9.53 Å². The van der Waals surface area contributed by atoms with Gasteiger partial charge in [0.15, 0.2) is 0 Å². The summed E-state index contributed by atoms with van der Waals surface area (Å²) in [5.41, 5.74) is 1.02. The molecule has 1 saturated heterocycles. The molecule has 98 valence electrons. The zero-order valence-corrected chi connectivity index (χ0v) is 12.1. The minimum Gasteiger partial charge on any atom is -0.376 e. The van der Waals surface area contributed by atoms with Gasteiger partial charge in [-0.05, 0) is 37.5 Å². The molecule has 1 aromatic carbocycles. The summed E-state index contributed by atoms with van der Waals surface area (Å²) in [5, 5.41) is 3.01. The number of carbonyl (C=O) groups is 1. The van der Waals surface area contributed by atoms with Crippen molar-refractivity contribution in [1.82, 2.24) is 5.32 Å². The Morgan fingerprint density at radius 3 is 2.83 bits per heavy atom. The Bertz CT molecular complexity index is 399. The van der Waals surface area contributed by atoms with Crippen LogP contribution in [0.1, 0.15) is 25.3 Å². The highest BCUT2D eigenvalue weighted by Gasteiger charge is 2.23. The standard InChI is InChI=1S/C14H18BrNO2/c1-10(13-3-2-8-18-13)16-14(17)9-11-4-6-12(15)7-5-11/h4-7,10,13H,2-3,8-9H2,1H3,(H,16,17)/t10-,13+/m0/s1. The van der Waals surface area contributed by atoms with Crippen molar-refractivity contribution in [2.45, 2.75) is 38.3 Å². The summed E-state index contributed by atoms with van der Waals surface area (Å²) in [6.07, 6.45) is 2.74. The lowest BCUT2D eigenvalue weighted by Crippen LogP contribution is -2.41. The van der Waals surface area contributed by atoms with Gasteiger partial charge in [0.1, 0.15) is 0 Å². The van der Waals surface area contributed by atoms with Crippen LogP contribution in [0.2, 0.25) is 0 Å². The van der Waals surface area contributed by atoms with Gasteiger partial charge in [0.05, 0.1) is 18.6 Å². The highest BCUT2D eigenvalue weighted by molar-refractivity contribution is 9.10. The van der Waals surface area contributed by atoms with Crippen molar-refractivity contribution in [3.8, 4) is 0 Å². The van der Waals surface area contributed by atoms with Gasteiger partial charge in [-0.2, -0.15) is 0 Å². The Kier molecular flexibility index (Phi) is 4.78. The Balaban J connectivity index is 1.82. The average molecular weight is 312 g/mol. The predicted octanol–water partition coefficient (Wildman–Crippen LogP) is 2.68. The molecule has 4 heteroatoms. The molecule has 1 aromatic rings. The van der Waals surface area contributed by atoms with E-state index in [0.717, 1.165) is 29.5 Å². The normalized spacial score (nSPS) is 20.7. The van der Waals surface area contributed by atoms with Crippen LogP contribution in [-0.2, 0) is 16.0 Å². The number of ether oxygens (including phenoxy) is 1. The molecule has 1 aliphatic heterocycles. The summed E-state index contributed by atoms with van der Waals surface area (Å²) >= 11 is 3.38. The van der Waals surface area contributed by atoms with Gasteiger partial charge in [-0.25, -0.2) is 0 Å². The third kappa shape index (κ3) is 3.82. The molecule has 1 N–H and O–H groups in total. The molecule has 0 aromatic heterocycles. The molecule has 0 bridgehead atoms. The summed E-state index contributed by atoms with van der Waals surface area (Å²) < 4.78 is 6.59. The summed E-state index contributed by atoms with van der Waals surface area (Å²) in [4.78, 5) is 11.9. The maximum Gasteiger partial charge on any atom is 0.224 e. The number of nitrogens with one attached hydrogen (secondary N) is 1. The van der Waals surface area contributed by atoms with Crippen LogP contribution in [0.5, 0.6) is 0 Å². The van der Waals surface area contributed by atoms with Crippen molar-refractivity contribution in [3.05, 3.63) is 34.3 Å². The molecule has 0 radical (unpaired) electrons. The summed E-state index contributed by atoms with van der Waals surface area (Å²) in [6, 6.07) is 7.91. The van der Waals surface area contributed by atoms with Crippen LogP contribution < -0.4 is 5.32 Å². The fourth-order valence-electron chi connectivity index (χ4n) is 2.18. The van der Waals surface area contributed by atoms with Crippen molar-refractivity contribution in [2.75, 3.05) is 6.61 Å². The second-order valence-electron chi connectivity index (χ2n) is 4.71. The number of halogens is 1. The first-order valence-corrected chi connectivity index (χ1v) is 7.10. The molecular weight excluding hydrogens is 294 g/mol. The van der Waals surface area contributed by atoms with Crippen LogP contribution in [0.4, 0.5) is 0 Å². The molecule has 2 rings (SSSR count). The highest BCUT2D eigenvalue weighted by Crippen LogP contribution is 2.15. The molecule has 3 nitrogen and oxygen atoms in total. The van der Waals surface area contributed by atoms with E-state index in [2.05, 4.69) is 21.2 Å². The molecule has 1 aliphatic rings. The van der Waals surface area contributed by atoms with E-state index in [4.69, 9.17) is 4.74 Å². The van der Waals surface area contributed by atoms with Crippen molar-refractivity contribution in [3.63, 3.8) is 0 Å². The quantitative estimate of drug-likeness (QED) is 0.928. The van der Waals surface area contributed by atoms with Gasteiger partial charge in [0.25, 0.3) is 0 Å². The second-order valence-corrected chi connectivity index (χ2v) is 5.63. The van der Waals surface area contributed by atoms with Gasteiger partial charge in [0, 0.05) is 11.1 Å². The third-order valence-corrected chi connectivity index (χ3v) is 3.72. The smallest absolute Gasteiger partial charge is 0.224 e. The lowest BCUT2D eigenvalue weighted by Gasteiger charge is -2.20. The van der Waals surface area contributed by atoms with Gasteiger partial charge < -0.3 is 10.1 Å². The van der Waals surface area contributed by atoms with Crippen molar-refractivity contribution in [2.24, 2.45) is 0 Å². The van der Waals surface area contributed by atoms with Gasteiger partial charge in [0.2, 0.25) is 5.91 Å². The molecule has 0 spiro atoms. The summed E-state index contributed by atoms with van der Waals surface area (Å²) in [7, 11) is 0. The van der Waals surface area contributed by atoms with E-state index in [1.165, 1.54) is 0 Å². The van der Waals surface area contributed by atoms with E-state index in [-0.39, 0.29) is 18.1 Å². The monoisotopic (exact) mass is 311 g/mol. The molecular formula is C14H18BrNO2. The Labute approximate surface area is 116 Å². The molecule has 1 amide bonds. The highest BCUT2D eigenvalue weighted by atomic mass is 79.9. The first-order chi connectivity index (χ1) is 8.65. The molecule has 2 atom stereocenters. The molecule has 0 saturated carbocycles. The van der Waals surface area contributed by atoms with Crippen molar-refractivity contribution >= 4 is 21.8 Å². The van der Waals surface area contributed by atoms with E-state index in [1.807, 2.05) is 31.2 Å². The Morgan fingerprint density at radius 1 is 1.50 bits per heavy atom. The molecule has 1 heterocycles. The van der Waals surface area contributed by atoms with Crippen LogP contribution in [0.15, 0.2) is 28.7 Å². The number of amides is 1. The maximum atomic E-state index is 11.9. The van der Waals surface area contributed by atoms with Gasteiger partial charge >= 0.3 is 0 Å². The maximum absolute atomic E-state index is 11.9. The SMILES string of the molecule is C[C@H](NC(=O)Cc1ccc(Br)cc1)[C@H]1CCCO1. The van der Waals surface area contributed by atoms with E-state index in [0.29, 0.717) is 6.42 Å². The largest absolute Gasteiger partial charge is 0.376 e. The zero-order valence-electron chi connectivity index (χ0n) is 10.5. The molecule has 0 unspecified atom stereocenters. The Morgan fingerprint density at radius 2 is 2.22 bits per heavy atom. The van der Waals surface area contributed by atoms with Gasteiger partial charge in [-0.3, -0.25) is 4.79 Å². The van der Waals surface area contributed by atoms with Crippen LogP contribution in [0.3, 0.4) is 0 Å². The first-order valence-electron chi connectivity index (χ1n) is 6.30. The zero-order chi connectivity index (χ0) is 13.0. The minimum atomic E-state index is 0.0559. The predicted molar refractivity (Wildman–Crippen MR) is 74.4 cm³/mol. The van der Waals surface area contributed by atoms with Crippen LogP contribution in [-0.4, -0.2) is 24.7 Å². The number of hydrogen-bond acceptors (Lipinski definition) is 2. The number of rotatable bonds is 4. The average Bonchev–Trinajstić information content (AvgIpc) is 2.85. The van der Waals surface area contributed by atoms with Crippen molar-refractivity contribution in [1.29, 1.82) is 0 Å². The molecule has 1 fully saturated rings. The summed E-state index contributed by atoms with van der Waals surface area (Å²) in [6.45, 7) is 2.83. The lowest BCUT2D eigenvalue weighted by atomic mass is 10.1. The molecule has 0 aliphatic carbocycles. The van der Waals surface area contributed by atoms with E-state index >= 15 is 0 Å². The number of benzene rings is 1. The lowest BCUT2D eigenvalue weighted by molar-refractivity contribution is -0.121. The van der Waals surface area contributed by atoms with Crippen LogP contribution in [0.25, 0.3) is 0 Å². The van der Waals surface area contributed by atoms with E-state index < -0.39 is 0 Å². The minimum absolute atomic E-state index is 0.0559. The topological polar surface area (TPSA) is 38.3 Å². The van der Waals surface area contributed by atoms with Gasteiger partial charge in [-0.15, -0.1) is 0 Å².